The molecule has 0 aliphatic rings. The van der Waals surface area contributed by atoms with Gasteiger partial charge in [-0.3, -0.25) is 0 Å². The molecule has 19 heavy (non-hydrogen) atoms. The van der Waals surface area contributed by atoms with E-state index in [9.17, 15) is 0 Å². The van der Waals surface area contributed by atoms with Gasteiger partial charge in [0.1, 0.15) is 0 Å². The van der Waals surface area contributed by atoms with Crippen LogP contribution in [-0.4, -0.2) is 4.98 Å². The van der Waals surface area contributed by atoms with Gasteiger partial charge in [0.2, 0.25) is 0 Å². The van der Waals surface area contributed by atoms with Crippen LogP contribution in [-0.2, 0) is 0 Å². The van der Waals surface area contributed by atoms with E-state index in [4.69, 9.17) is 0 Å². The summed E-state index contributed by atoms with van der Waals surface area (Å²) in [4.78, 5) is 4.48. The van der Waals surface area contributed by atoms with Gasteiger partial charge in [-0.2, -0.15) is 0 Å². The topological polar surface area (TPSA) is 12.9 Å². The van der Waals surface area contributed by atoms with Crippen LogP contribution in [0.4, 0.5) is 0 Å². The summed E-state index contributed by atoms with van der Waals surface area (Å²) >= 11 is 5.38. The second kappa shape index (κ2) is 6.46. The minimum atomic E-state index is 1.17. The second-order valence-electron chi connectivity index (χ2n) is 3.36. The molecule has 1 aromatic carbocycles. The quantitative estimate of drug-likeness (QED) is 0.349. The first kappa shape index (κ1) is 14.4. The van der Waals surface area contributed by atoms with Crippen LogP contribution in [0.5, 0.6) is 0 Å². The molecule has 0 unspecified atom stereocenters. The van der Waals surface area contributed by atoms with Crippen molar-refractivity contribution in [3.63, 3.8) is 0 Å². The Morgan fingerprint density at radius 2 is 1.32 bits per heavy atom. The minimum Gasteiger partial charge on any atom is -0.244 e. The number of benzene rings is 1. The lowest BCUT2D eigenvalue weighted by atomic mass is 10.2. The molecular formula is C15H17NS3. The van der Waals surface area contributed by atoms with E-state index in [2.05, 4.69) is 27.9 Å². The highest BCUT2D eigenvalue weighted by Crippen LogP contribution is 2.41. The number of hydrogen-bond donors (Lipinski definition) is 0. The fraction of sp³-hybridized carbons (Fsp3) is 0.267. The summed E-state index contributed by atoms with van der Waals surface area (Å²) in [6.45, 7) is 8.00. The summed E-state index contributed by atoms with van der Waals surface area (Å²) in [6, 6.07) is 4.39. The molecule has 3 heterocycles. The molecule has 0 atom stereocenters. The number of thiophene rings is 2. The molecule has 0 fully saturated rings. The number of aromatic nitrogens is 1. The van der Waals surface area contributed by atoms with Crippen molar-refractivity contribution in [3.8, 4) is 0 Å². The van der Waals surface area contributed by atoms with E-state index in [0.717, 1.165) is 0 Å². The van der Waals surface area contributed by atoms with Gasteiger partial charge in [0.05, 0.1) is 25.1 Å². The number of thiazole rings is 1. The summed E-state index contributed by atoms with van der Waals surface area (Å²) in [5, 5.41) is 7.00. The molecule has 100 valence electrons. The Labute approximate surface area is 125 Å². The molecule has 0 radical (unpaired) electrons. The number of fused-ring (bicyclic) bond motifs is 6. The predicted molar refractivity (Wildman–Crippen MR) is 93.1 cm³/mol. The first-order valence-corrected chi connectivity index (χ1v) is 9.18. The van der Waals surface area contributed by atoms with Crippen LogP contribution in [0.15, 0.2) is 28.4 Å². The van der Waals surface area contributed by atoms with Crippen molar-refractivity contribution in [1.29, 1.82) is 0 Å². The van der Waals surface area contributed by atoms with E-state index in [0.29, 0.717) is 0 Å². The van der Waals surface area contributed by atoms with E-state index in [-0.39, 0.29) is 0 Å². The molecule has 0 saturated carbocycles. The highest BCUT2D eigenvalue weighted by atomic mass is 32.1. The van der Waals surface area contributed by atoms with Crippen molar-refractivity contribution in [2.45, 2.75) is 27.7 Å². The van der Waals surface area contributed by atoms with Crippen molar-refractivity contribution in [2.24, 2.45) is 0 Å². The molecule has 3 aromatic heterocycles. The SMILES string of the molecule is CC.CC.c1nc2c3ccsc3c3sccc3c2s1. The van der Waals surface area contributed by atoms with Crippen molar-refractivity contribution < 1.29 is 0 Å². The molecule has 4 heteroatoms. The van der Waals surface area contributed by atoms with E-state index in [1.54, 1.807) is 11.3 Å². The van der Waals surface area contributed by atoms with Crippen LogP contribution in [0, 0.1) is 0 Å². The van der Waals surface area contributed by atoms with Gasteiger partial charge in [-0.15, -0.1) is 34.0 Å². The van der Waals surface area contributed by atoms with Crippen molar-refractivity contribution in [1.82, 2.24) is 4.98 Å². The smallest absolute Gasteiger partial charge is 0.0905 e. The number of rotatable bonds is 0. The molecule has 0 bridgehead atoms. The normalized spacial score (nSPS) is 10.1. The standard InChI is InChI=1S/C11H5NS3.2C2H6/c1-3-13-10-6(1)8-9(15-5-12-8)7-2-4-14-11(7)10;2*1-2/h1-5H;2*1-2H3. The van der Waals surface area contributed by atoms with Crippen LogP contribution in [0.2, 0.25) is 0 Å². The number of hydrogen-bond acceptors (Lipinski definition) is 4. The molecule has 1 nitrogen and oxygen atoms in total. The first-order chi connectivity index (χ1) is 9.45. The third-order valence-corrected chi connectivity index (χ3v) is 5.46. The van der Waals surface area contributed by atoms with Gasteiger partial charge in [0.25, 0.3) is 0 Å². The maximum Gasteiger partial charge on any atom is 0.0905 e. The Morgan fingerprint density at radius 1 is 0.737 bits per heavy atom. The average molecular weight is 308 g/mol. The van der Waals surface area contributed by atoms with Gasteiger partial charge < -0.3 is 0 Å². The third kappa shape index (κ3) is 2.29. The largest absolute Gasteiger partial charge is 0.244 e. The fourth-order valence-corrected chi connectivity index (χ4v) is 4.86. The van der Waals surface area contributed by atoms with E-state index in [1.807, 2.05) is 55.9 Å². The van der Waals surface area contributed by atoms with Crippen LogP contribution in [0.25, 0.3) is 30.4 Å². The van der Waals surface area contributed by atoms with Crippen molar-refractivity contribution >= 4 is 64.4 Å². The Bertz CT molecular complexity index is 581. The molecule has 0 saturated heterocycles. The monoisotopic (exact) mass is 307 g/mol. The van der Waals surface area contributed by atoms with E-state index < -0.39 is 0 Å². The lowest BCUT2D eigenvalue weighted by Crippen LogP contribution is -1.70. The maximum absolute atomic E-state index is 4.48. The van der Waals surface area contributed by atoms with Gasteiger partial charge in [0, 0.05) is 10.8 Å². The molecule has 0 spiro atoms. The minimum absolute atomic E-state index is 1.17. The molecule has 0 amide bonds. The zero-order valence-corrected chi connectivity index (χ0v) is 14.0. The highest BCUT2D eigenvalue weighted by Gasteiger charge is 2.11. The predicted octanol–water partition coefficient (Wildman–Crippen LogP) is 6.78. The van der Waals surface area contributed by atoms with Gasteiger partial charge in [0.15, 0.2) is 0 Å². The average Bonchev–Trinajstić information content (AvgIpc) is 3.20. The highest BCUT2D eigenvalue weighted by molar-refractivity contribution is 7.27. The second-order valence-corrected chi connectivity index (χ2v) is 6.04. The summed E-state index contributed by atoms with van der Waals surface area (Å²) in [5.74, 6) is 0. The van der Waals surface area contributed by atoms with Crippen LogP contribution in [0.1, 0.15) is 27.7 Å². The summed E-state index contributed by atoms with van der Waals surface area (Å²) < 4.78 is 4.13. The summed E-state index contributed by atoms with van der Waals surface area (Å²) in [7, 11) is 0. The lowest BCUT2D eigenvalue weighted by molar-refractivity contribution is 1.50. The molecule has 0 aliphatic carbocycles. The molecule has 4 rings (SSSR count). The van der Waals surface area contributed by atoms with E-state index >= 15 is 0 Å². The van der Waals surface area contributed by atoms with Crippen LogP contribution < -0.4 is 0 Å². The zero-order chi connectivity index (χ0) is 13.8. The first-order valence-electron chi connectivity index (χ1n) is 6.55. The summed E-state index contributed by atoms with van der Waals surface area (Å²) in [5.41, 5.74) is 3.11. The van der Waals surface area contributed by atoms with Crippen molar-refractivity contribution in [2.75, 3.05) is 0 Å². The summed E-state index contributed by atoms with van der Waals surface area (Å²) in [6.07, 6.45) is 0. The third-order valence-electron chi connectivity index (χ3n) is 2.60. The Hall–Kier alpha value is -0.970. The molecule has 0 aliphatic heterocycles. The molecular weight excluding hydrogens is 290 g/mol. The Kier molecular flexibility index (Phi) is 4.91. The molecule has 4 aromatic rings. The fourth-order valence-electron chi connectivity index (χ4n) is 1.96. The van der Waals surface area contributed by atoms with Gasteiger partial charge in [-0.05, 0) is 22.9 Å². The van der Waals surface area contributed by atoms with Gasteiger partial charge in [-0.25, -0.2) is 4.98 Å². The Balaban J connectivity index is 0.000000308. The Morgan fingerprint density at radius 3 is 2.00 bits per heavy atom. The van der Waals surface area contributed by atoms with Crippen LogP contribution >= 0.6 is 34.0 Å². The zero-order valence-electron chi connectivity index (χ0n) is 11.6. The maximum atomic E-state index is 4.48. The lowest BCUT2D eigenvalue weighted by Gasteiger charge is -1.95. The van der Waals surface area contributed by atoms with Gasteiger partial charge >= 0.3 is 0 Å². The van der Waals surface area contributed by atoms with Gasteiger partial charge in [-0.1, -0.05) is 27.7 Å². The van der Waals surface area contributed by atoms with E-state index in [1.165, 1.54) is 30.4 Å². The van der Waals surface area contributed by atoms with Crippen LogP contribution in [0.3, 0.4) is 0 Å². The molecule has 0 N–H and O–H groups in total. The van der Waals surface area contributed by atoms with Crippen molar-refractivity contribution in [3.05, 3.63) is 28.4 Å². The number of nitrogens with zero attached hydrogens (tertiary/aromatic N) is 1.